The van der Waals surface area contributed by atoms with Crippen LogP contribution in [0.25, 0.3) is 0 Å². The number of nitrogens with zero attached hydrogens (tertiary/aromatic N) is 2. The Kier molecular flexibility index (Phi) is 21.4. The molecule has 0 fully saturated rings. The van der Waals surface area contributed by atoms with Crippen LogP contribution in [-0.2, 0) is 21.1 Å². The molecule has 4 aromatic rings. The van der Waals surface area contributed by atoms with Gasteiger partial charge in [0.1, 0.15) is 37.1 Å². The Bertz CT molecular complexity index is 1110. The summed E-state index contributed by atoms with van der Waals surface area (Å²) in [6, 6.07) is 44.5. The maximum absolute atomic E-state index is 6.00. The van der Waals surface area contributed by atoms with Crippen molar-refractivity contribution >= 4 is 68.9 Å². The van der Waals surface area contributed by atoms with Crippen LogP contribution in [0.2, 0.25) is 6.55 Å². The van der Waals surface area contributed by atoms with Crippen molar-refractivity contribution in [2.45, 2.75) is 6.55 Å². The molecule has 0 bridgehead atoms. The van der Waals surface area contributed by atoms with Gasteiger partial charge in [-0.2, -0.15) is 0 Å². The molecule has 0 aliphatic carbocycles. The van der Waals surface area contributed by atoms with Crippen LogP contribution in [0.4, 0.5) is 0 Å². The third kappa shape index (κ3) is 15.3. The summed E-state index contributed by atoms with van der Waals surface area (Å²) in [7, 11) is -2.46. The van der Waals surface area contributed by atoms with Crippen LogP contribution in [0.3, 0.4) is 0 Å². The maximum Gasteiger partial charge on any atom is 0.177 e. The van der Waals surface area contributed by atoms with Crippen LogP contribution >= 0.6 is 39.6 Å². The molecule has 0 aromatic heterocycles. The fourth-order valence-corrected chi connectivity index (χ4v) is 39.3. The Hall–Kier alpha value is -0.645. The van der Waals surface area contributed by atoms with E-state index in [-0.39, 0.29) is 44.8 Å². The van der Waals surface area contributed by atoms with Crippen molar-refractivity contribution in [1.29, 1.82) is 10.8 Å². The Morgan fingerprint density at radius 2 is 0.636 bits per heavy atom. The largest absolute Gasteiger partial charge is 0.177 e. The summed E-state index contributed by atoms with van der Waals surface area (Å²) >= 11 is 0. The first-order valence-corrected chi connectivity index (χ1v) is 29.8. The zero-order valence-corrected chi connectivity index (χ0v) is 35.7. The van der Waals surface area contributed by atoms with Gasteiger partial charge in [-0.15, -0.1) is 0 Å². The van der Waals surface area contributed by atoms with E-state index in [0.717, 1.165) is 0 Å². The summed E-state index contributed by atoms with van der Waals surface area (Å²) in [5.41, 5.74) is 0. The minimum absolute atomic E-state index is 0. The van der Waals surface area contributed by atoms with Crippen molar-refractivity contribution in [2.24, 2.45) is 0 Å². The first kappa shape index (κ1) is 41.4. The monoisotopic (exact) mass is 783 g/mol. The van der Waals surface area contributed by atoms with Crippen molar-refractivity contribution in [3.05, 3.63) is 121 Å². The van der Waals surface area contributed by atoms with Crippen LogP contribution in [0.15, 0.2) is 121 Å². The predicted molar refractivity (Wildman–Crippen MR) is 216 cm³/mol. The topological polar surface area (TPSA) is 47.6 Å². The summed E-state index contributed by atoms with van der Waals surface area (Å²) in [6.07, 6.45) is 0. The third-order valence-electron chi connectivity index (χ3n) is 7.18. The SMILES string of the molecule is C[PH+](C)C[Si](C)(C[PH+](C)C)C[PH+](C)C.N#N.[Mo].c1ccc([PH+](C[PH+](c2ccccc2)c2ccccc2)c2ccccc2)cc1. The molecule has 0 unspecified atom stereocenters. The van der Waals surface area contributed by atoms with Gasteiger partial charge in [-0.1, -0.05) is 79.3 Å². The van der Waals surface area contributed by atoms with Crippen molar-refractivity contribution in [3.8, 4) is 0 Å². The zero-order chi connectivity index (χ0) is 31.7. The second kappa shape index (κ2) is 22.8. The molecule has 0 radical (unpaired) electrons. The molecule has 0 aliphatic heterocycles. The van der Waals surface area contributed by atoms with E-state index < -0.39 is 23.9 Å². The summed E-state index contributed by atoms with van der Waals surface area (Å²) in [5.74, 6) is 6.26. The molecule has 0 spiro atoms. The van der Waals surface area contributed by atoms with E-state index in [1.807, 2.05) is 0 Å². The minimum Gasteiger partial charge on any atom is -0.0620 e. The summed E-state index contributed by atoms with van der Waals surface area (Å²) in [4.78, 5) is 0. The van der Waals surface area contributed by atoms with Crippen LogP contribution in [0.1, 0.15) is 0 Å². The van der Waals surface area contributed by atoms with Gasteiger partial charge in [0.05, 0.1) is 17.4 Å². The van der Waals surface area contributed by atoms with E-state index in [1.54, 1.807) is 17.4 Å². The number of hydrogen-bond donors (Lipinski definition) is 0. The van der Waals surface area contributed by atoms with Gasteiger partial charge in [0.2, 0.25) is 0 Å². The Balaban J connectivity index is 0.000000489. The quantitative estimate of drug-likeness (QED) is 0.0838. The Labute approximate surface area is 290 Å². The molecule has 44 heavy (non-hydrogen) atoms. The number of hydrogen-bond acceptors (Lipinski definition) is 2. The van der Waals surface area contributed by atoms with Gasteiger partial charge in [-0.3, -0.25) is 0 Å². The van der Waals surface area contributed by atoms with Gasteiger partial charge in [0.15, 0.2) is 14.0 Å². The van der Waals surface area contributed by atoms with Gasteiger partial charge in [-0.05, 0) is 72.3 Å². The average molecular weight is 782 g/mol. The molecule has 0 saturated heterocycles. The molecule has 0 N–H and O–H groups in total. The van der Waals surface area contributed by atoms with Gasteiger partial charge in [0.25, 0.3) is 0 Å². The maximum atomic E-state index is 6.00. The molecule has 234 valence electrons. The van der Waals surface area contributed by atoms with Crippen LogP contribution < -0.4 is 21.2 Å². The minimum atomic E-state index is -0.847. The molecule has 9 heteroatoms. The van der Waals surface area contributed by atoms with Crippen molar-refractivity contribution < 1.29 is 21.1 Å². The van der Waals surface area contributed by atoms with E-state index in [9.17, 15) is 0 Å². The zero-order valence-electron chi connectivity index (χ0n) is 27.7. The third-order valence-corrected chi connectivity index (χ3v) is 32.9. The van der Waals surface area contributed by atoms with Crippen LogP contribution in [-0.4, -0.2) is 71.3 Å². The fraction of sp³-hybridized carbons (Fsp3) is 0.314. The first-order valence-electron chi connectivity index (χ1n) is 15.2. The molecule has 4 rings (SSSR count). The molecule has 0 saturated carbocycles. The normalized spacial score (nSPS) is 11.0. The molecule has 0 amide bonds. The van der Waals surface area contributed by atoms with Gasteiger partial charge in [0, 0.05) is 71.8 Å². The Morgan fingerprint density at radius 1 is 0.432 bits per heavy atom. The van der Waals surface area contributed by atoms with Crippen LogP contribution in [0.5, 0.6) is 0 Å². The summed E-state index contributed by atoms with van der Waals surface area (Å²) < 4.78 is 0. The van der Waals surface area contributed by atoms with Crippen molar-refractivity contribution in [3.63, 3.8) is 0 Å². The van der Waals surface area contributed by atoms with Gasteiger partial charge >= 0.3 is 0 Å². The smallest absolute Gasteiger partial charge is 0.0620 e. The molecular formula is C35H54MoN2P5Si+5. The van der Waals surface area contributed by atoms with Gasteiger partial charge < -0.3 is 0 Å². The second-order valence-electron chi connectivity index (χ2n) is 12.6. The molecular weight excluding hydrogens is 727 g/mol. The van der Waals surface area contributed by atoms with E-state index in [2.05, 4.69) is 168 Å². The summed E-state index contributed by atoms with van der Waals surface area (Å²) in [6.45, 7) is 17.7. The number of rotatable bonds is 12. The molecule has 2 nitrogen and oxygen atoms in total. The average Bonchev–Trinajstić information content (AvgIpc) is 2.99. The van der Waals surface area contributed by atoms with E-state index in [0.29, 0.717) is 0 Å². The molecule has 0 heterocycles. The van der Waals surface area contributed by atoms with Crippen molar-refractivity contribution in [2.75, 3.05) is 63.2 Å². The predicted octanol–water partition coefficient (Wildman–Crippen LogP) is 7.81. The van der Waals surface area contributed by atoms with E-state index >= 15 is 0 Å². The van der Waals surface area contributed by atoms with Crippen molar-refractivity contribution in [1.82, 2.24) is 0 Å². The van der Waals surface area contributed by atoms with Gasteiger partial charge in [-0.25, -0.2) is 0 Å². The Morgan fingerprint density at radius 3 is 0.818 bits per heavy atom. The second-order valence-corrected chi connectivity index (χ2v) is 33.3. The fourth-order valence-electron chi connectivity index (χ4n) is 6.22. The van der Waals surface area contributed by atoms with Crippen LogP contribution in [0, 0.1) is 10.8 Å². The standard InChI is InChI=1S/C25H22P2.C10H27P3Si.Mo.N2/c1-5-13-22(14-6-1)26(23-15-7-2-8-16-23)21-27(24-17-9-3-10-18-24)25-19-11-4-12-20-25;1-11(2)8-14(7,9-12(3)4)10-13(5)6;;1-2/h1-20H,21H2;8-10H2,1-7H3;;/p+5. The molecule has 4 aromatic carbocycles. The van der Waals surface area contributed by atoms with E-state index in [1.165, 1.54) is 27.1 Å². The van der Waals surface area contributed by atoms with E-state index in [4.69, 9.17) is 10.8 Å². The number of benzene rings is 4. The molecule has 0 aliphatic rings. The summed E-state index contributed by atoms with van der Waals surface area (Å²) in [5, 5.41) is 18.0. The first-order chi connectivity index (χ1) is 20.7. The molecule has 0 atom stereocenters.